The summed E-state index contributed by atoms with van der Waals surface area (Å²) in [5.41, 5.74) is 8.02. The molecular weight excluding hydrogens is 272 g/mol. The molecule has 3 heteroatoms. The molecule has 1 aliphatic rings. The molecule has 1 amide bonds. The minimum absolute atomic E-state index is 0.121. The molecule has 0 spiro atoms. The number of primary amides is 1. The van der Waals surface area contributed by atoms with Crippen molar-refractivity contribution in [2.45, 2.75) is 70.8 Å². The summed E-state index contributed by atoms with van der Waals surface area (Å²) >= 11 is 0. The maximum atomic E-state index is 11.5. The Morgan fingerprint density at radius 3 is 2.50 bits per heavy atom. The van der Waals surface area contributed by atoms with E-state index in [4.69, 9.17) is 5.73 Å². The van der Waals surface area contributed by atoms with Crippen LogP contribution < -0.4 is 10.6 Å². The number of hydrogen-bond acceptors (Lipinski definition) is 2. The third kappa shape index (κ3) is 4.75. The molecule has 1 aromatic carbocycles. The summed E-state index contributed by atoms with van der Waals surface area (Å²) in [6.07, 6.45) is 11.1. The van der Waals surface area contributed by atoms with Gasteiger partial charge in [-0.25, -0.2) is 0 Å². The van der Waals surface area contributed by atoms with Gasteiger partial charge in [0.25, 0.3) is 0 Å². The number of hydrogen-bond donors (Lipinski definition) is 1. The van der Waals surface area contributed by atoms with Gasteiger partial charge in [0.2, 0.25) is 5.91 Å². The first-order chi connectivity index (χ1) is 10.7. The van der Waals surface area contributed by atoms with Crippen molar-refractivity contribution in [3.63, 3.8) is 0 Å². The van der Waals surface area contributed by atoms with E-state index in [9.17, 15) is 4.79 Å². The second kappa shape index (κ2) is 8.82. The Morgan fingerprint density at radius 2 is 1.82 bits per heavy atom. The molecule has 2 N–H and O–H groups in total. The van der Waals surface area contributed by atoms with Gasteiger partial charge in [-0.1, -0.05) is 51.2 Å². The predicted molar refractivity (Wildman–Crippen MR) is 93.1 cm³/mol. The SMILES string of the molecule is CCCCCCCCc1ccc(N2CCC[C@@H]2C(N)=O)cc1. The summed E-state index contributed by atoms with van der Waals surface area (Å²) in [4.78, 5) is 13.6. The Kier molecular flexibility index (Phi) is 6.75. The van der Waals surface area contributed by atoms with Crippen LogP contribution in [0.2, 0.25) is 0 Å². The molecule has 0 radical (unpaired) electrons. The highest BCUT2D eigenvalue weighted by atomic mass is 16.1. The molecule has 1 saturated heterocycles. The van der Waals surface area contributed by atoms with Gasteiger partial charge < -0.3 is 10.6 Å². The van der Waals surface area contributed by atoms with E-state index in [1.54, 1.807) is 0 Å². The normalized spacial score (nSPS) is 17.9. The Bertz CT molecular complexity index is 455. The van der Waals surface area contributed by atoms with Gasteiger partial charge in [-0.15, -0.1) is 0 Å². The van der Waals surface area contributed by atoms with E-state index >= 15 is 0 Å². The molecule has 1 atom stereocenters. The second-order valence-electron chi connectivity index (χ2n) is 6.44. The maximum absolute atomic E-state index is 11.5. The van der Waals surface area contributed by atoms with E-state index in [1.807, 2.05) is 0 Å². The van der Waals surface area contributed by atoms with Crippen molar-refractivity contribution in [1.82, 2.24) is 0 Å². The van der Waals surface area contributed by atoms with Crippen LogP contribution in [0.25, 0.3) is 0 Å². The number of aryl methyl sites for hydroxylation is 1. The Labute approximate surface area is 134 Å². The van der Waals surface area contributed by atoms with Gasteiger partial charge in [-0.2, -0.15) is 0 Å². The lowest BCUT2D eigenvalue weighted by Crippen LogP contribution is -2.40. The van der Waals surface area contributed by atoms with Crippen molar-refractivity contribution in [2.24, 2.45) is 5.73 Å². The Balaban J connectivity index is 1.79. The van der Waals surface area contributed by atoms with E-state index in [0.29, 0.717) is 0 Å². The molecule has 0 aliphatic carbocycles. The summed E-state index contributed by atoms with van der Waals surface area (Å²) in [6.45, 7) is 3.19. The summed E-state index contributed by atoms with van der Waals surface area (Å²) < 4.78 is 0. The number of benzene rings is 1. The molecule has 0 aromatic heterocycles. The van der Waals surface area contributed by atoms with Gasteiger partial charge in [-0.3, -0.25) is 4.79 Å². The molecule has 122 valence electrons. The summed E-state index contributed by atoms with van der Waals surface area (Å²) in [5.74, 6) is -0.200. The lowest BCUT2D eigenvalue weighted by molar-refractivity contribution is -0.119. The van der Waals surface area contributed by atoms with Crippen molar-refractivity contribution in [2.75, 3.05) is 11.4 Å². The highest BCUT2D eigenvalue weighted by Crippen LogP contribution is 2.26. The second-order valence-corrected chi connectivity index (χ2v) is 6.44. The number of nitrogens with two attached hydrogens (primary N) is 1. The van der Waals surface area contributed by atoms with Crippen molar-refractivity contribution < 1.29 is 4.79 Å². The smallest absolute Gasteiger partial charge is 0.240 e. The number of amides is 1. The Hall–Kier alpha value is -1.51. The molecule has 1 fully saturated rings. The van der Waals surface area contributed by atoms with E-state index in [1.165, 1.54) is 44.1 Å². The number of carbonyl (C=O) groups is 1. The van der Waals surface area contributed by atoms with E-state index in [2.05, 4.69) is 36.1 Å². The molecule has 2 rings (SSSR count). The third-order valence-electron chi connectivity index (χ3n) is 4.67. The monoisotopic (exact) mass is 302 g/mol. The average Bonchev–Trinajstić information content (AvgIpc) is 3.01. The summed E-state index contributed by atoms with van der Waals surface area (Å²) in [5, 5.41) is 0. The molecule has 1 aromatic rings. The molecule has 0 bridgehead atoms. The zero-order valence-corrected chi connectivity index (χ0v) is 13.9. The van der Waals surface area contributed by atoms with Crippen LogP contribution in [-0.4, -0.2) is 18.5 Å². The van der Waals surface area contributed by atoms with Crippen molar-refractivity contribution in [1.29, 1.82) is 0 Å². The zero-order valence-electron chi connectivity index (χ0n) is 13.9. The number of unbranched alkanes of at least 4 members (excludes halogenated alkanes) is 5. The fourth-order valence-electron chi connectivity index (χ4n) is 3.34. The first-order valence-electron chi connectivity index (χ1n) is 8.87. The maximum Gasteiger partial charge on any atom is 0.240 e. The summed E-state index contributed by atoms with van der Waals surface area (Å²) in [7, 11) is 0. The first kappa shape index (κ1) is 16.9. The van der Waals surface area contributed by atoms with Crippen molar-refractivity contribution in [3.8, 4) is 0 Å². The van der Waals surface area contributed by atoms with Crippen LogP contribution in [0.5, 0.6) is 0 Å². The minimum Gasteiger partial charge on any atom is -0.368 e. The van der Waals surface area contributed by atoms with Crippen LogP contribution >= 0.6 is 0 Å². The third-order valence-corrected chi connectivity index (χ3v) is 4.67. The van der Waals surface area contributed by atoms with Gasteiger partial charge >= 0.3 is 0 Å². The molecule has 0 saturated carbocycles. The highest BCUT2D eigenvalue weighted by Gasteiger charge is 2.28. The van der Waals surface area contributed by atoms with Crippen LogP contribution in [0, 0.1) is 0 Å². The number of nitrogens with zero attached hydrogens (tertiary/aromatic N) is 1. The molecule has 1 aliphatic heterocycles. The molecular formula is C19H30N2O. The van der Waals surface area contributed by atoms with Crippen LogP contribution in [0.1, 0.15) is 63.9 Å². The molecule has 0 unspecified atom stereocenters. The van der Waals surface area contributed by atoms with Gasteiger partial charge in [0.05, 0.1) is 0 Å². The van der Waals surface area contributed by atoms with Crippen LogP contribution in [0.4, 0.5) is 5.69 Å². The van der Waals surface area contributed by atoms with Crippen LogP contribution in [0.15, 0.2) is 24.3 Å². The number of anilines is 1. The number of carbonyl (C=O) groups excluding carboxylic acids is 1. The standard InChI is InChI=1S/C19H30N2O/c1-2-3-4-5-6-7-9-16-11-13-17(14-12-16)21-15-8-10-18(21)19(20)22/h11-14,18H,2-10,15H2,1H3,(H2,20,22)/t18-/m1/s1. The van der Waals surface area contributed by atoms with Gasteiger partial charge in [0.1, 0.15) is 6.04 Å². The largest absolute Gasteiger partial charge is 0.368 e. The van der Waals surface area contributed by atoms with E-state index in [0.717, 1.165) is 31.5 Å². The van der Waals surface area contributed by atoms with Gasteiger partial charge in [0.15, 0.2) is 0 Å². The molecule has 22 heavy (non-hydrogen) atoms. The zero-order chi connectivity index (χ0) is 15.8. The minimum atomic E-state index is -0.200. The van der Waals surface area contributed by atoms with E-state index in [-0.39, 0.29) is 11.9 Å². The van der Waals surface area contributed by atoms with Gasteiger partial charge in [-0.05, 0) is 43.4 Å². The highest BCUT2D eigenvalue weighted by molar-refractivity contribution is 5.84. The van der Waals surface area contributed by atoms with Crippen LogP contribution in [-0.2, 0) is 11.2 Å². The van der Waals surface area contributed by atoms with Crippen LogP contribution in [0.3, 0.4) is 0 Å². The van der Waals surface area contributed by atoms with Crippen molar-refractivity contribution >= 4 is 11.6 Å². The molecule has 3 nitrogen and oxygen atoms in total. The summed E-state index contributed by atoms with van der Waals surface area (Å²) in [6, 6.07) is 8.58. The number of rotatable bonds is 9. The lowest BCUT2D eigenvalue weighted by atomic mass is 10.0. The quantitative estimate of drug-likeness (QED) is 0.700. The van der Waals surface area contributed by atoms with Crippen molar-refractivity contribution in [3.05, 3.63) is 29.8 Å². The van der Waals surface area contributed by atoms with E-state index < -0.39 is 0 Å². The Morgan fingerprint density at radius 1 is 1.14 bits per heavy atom. The predicted octanol–water partition coefficient (Wildman–Crippen LogP) is 4.04. The molecule has 1 heterocycles. The fourth-order valence-corrected chi connectivity index (χ4v) is 3.34. The topological polar surface area (TPSA) is 46.3 Å². The average molecular weight is 302 g/mol. The lowest BCUT2D eigenvalue weighted by Gasteiger charge is -2.24. The first-order valence-corrected chi connectivity index (χ1v) is 8.87. The fraction of sp³-hybridized carbons (Fsp3) is 0.632. The van der Waals surface area contributed by atoms with Gasteiger partial charge in [0, 0.05) is 12.2 Å².